The number of hydrogen-bond acceptors (Lipinski definition) is 2. The molecule has 0 saturated carbocycles. The molecule has 90 valence electrons. The number of nitrogens with two attached hydrogens (primary N) is 1. The molecule has 0 aliphatic rings. The van der Waals surface area contributed by atoms with Gasteiger partial charge in [0.15, 0.2) is 0 Å². The molecule has 1 aromatic heterocycles. The van der Waals surface area contributed by atoms with Gasteiger partial charge < -0.3 is 5.73 Å². The molecule has 1 heterocycles. The molecule has 2 rings (SSSR count). The maximum absolute atomic E-state index is 13.7. The number of halogens is 2. The van der Waals surface area contributed by atoms with Crippen LogP contribution in [-0.4, -0.2) is 16.3 Å². The summed E-state index contributed by atoms with van der Waals surface area (Å²) in [5.74, 6) is -0.309. The van der Waals surface area contributed by atoms with E-state index < -0.39 is 0 Å². The molecule has 0 aliphatic carbocycles. The maximum Gasteiger partial charge on any atom is 0.132 e. The molecule has 5 heteroatoms. The van der Waals surface area contributed by atoms with Gasteiger partial charge in [-0.25, -0.2) is 4.39 Å². The van der Waals surface area contributed by atoms with Gasteiger partial charge in [-0.1, -0.05) is 11.6 Å². The first-order chi connectivity index (χ1) is 8.11. The van der Waals surface area contributed by atoms with Crippen LogP contribution in [0.2, 0.25) is 5.02 Å². The zero-order valence-corrected chi connectivity index (χ0v) is 10.2. The van der Waals surface area contributed by atoms with Gasteiger partial charge in [-0.2, -0.15) is 5.10 Å². The van der Waals surface area contributed by atoms with E-state index in [0.717, 1.165) is 5.69 Å². The maximum atomic E-state index is 13.7. The first kappa shape index (κ1) is 12.1. The first-order valence-electron chi connectivity index (χ1n) is 5.30. The monoisotopic (exact) mass is 253 g/mol. The molecular weight excluding hydrogens is 241 g/mol. The fourth-order valence-corrected chi connectivity index (χ4v) is 1.91. The largest absolute Gasteiger partial charge is 0.330 e. The summed E-state index contributed by atoms with van der Waals surface area (Å²) in [6, 6.07) is 6.31. The van der Waals surface area contributed by atoms with Crippen LogP contribution >= 0.6 is 11.6 Å². The molecular formula is C12H13ClFN3. The molecule has 0 amide bonds. The zero-order chi connectivity index (χ0) is 12.4. The third kappa shape index (κ3) is 2.48. The van der Waals surface area contributed by atoms with Crippen molar-refractivity contribution < 1.29 is 4.39 Å². The molecule has 0 aliphatic heterocycles. The summed E-state index contributed by atoms with van der Waals surface area (Å²) in [6.45, 7) is 0.522. The Bertz CT molecular complexity index is 537. The summed E-state index contributed by atoms with van der Waals surface area (Å²) >= 11 is 5.87. The van der Waals surface area contributed by atoms with Crippen LogP contribution in [0.4, 0.5) is 4.39 Å². The van der Waals surface area contributed by atoms with E-state index in [9.17, 15) is 4.39 Å². The Kier molecular flexibility index (Phi) is 3.45. The fraction of sp³-hybridized carbons (Fsp3) is 0.250. The lowest BCUT2D eigenvalue weighted by Crippen LogP contribution is -2.03. The lowest BCUT2D eigenvalue weighted by atomic mass is 10.1. The molecule has 0 bridgehead atoms. The lowest BCUT2D eigenvalue weighted by Gasteiger charge is -2.03. The quantitative estimate of drug-likeness (QED) is 0.913. The molecule has 0 atom stereocenters. The van der Waals surface area contributed by atoms with Gasteiger partial charge in [0.25, 0.3) is 0 Å². The van der Waals surface area contributed by atoms with Crippen LogP contribution in [-0.2, 0) is 13.5 Å². The van der Waals surface area contributed by atoms with Crippen LogP contribution in [0.1, 0.15) is 5.69 Å². The molecule has 0 unspecified atom stereocenters. The summed E-state index contributed by atoms with van der Waals surface area (Å²) in [6.07, 6.45) is 0.677. The van der Waals surface area contributed by atoms with E-state index in [2.05, 4.69) is 5.10 Å². The predicted molar refractivity (Wildman–Crippen MR) is 66.4 cm³/mol. The normalized spacial score (nSPS) is 10.8. The van der Waals surface area contributed by atoms with E-state index in [0.29, 0.717) is 29.2 Å². The van der Waals surface area contributed by atoms with E-state index in [1.807, 2.05) is 6.07 Å². The average molecular weight is 254 g/mol. The smallest absolute Gasteiger partial charge is 0.132 e. The van der Waals surface area contributed by atoms with Crippen molar-refractivity contribution in [2.75, 3.05) is 6.54 Å². The highest BCUT2D eigenvalue weighted by molar-refractivity contribution is 6.30. The van der Waals surface area contributed by atoms with Gasteiger partial charge in [0.05, 0.1) is 11.4 Å². The Balaban J connectivity index is 2.48. The molecule has 0 fully saturated rings. The van der Waals surface area contributed by atoms with Crippen molar-refractivity contribution in [2.24, 2.45) is 12.8 Å². The van der Waals surface area contributed by atoms with Crippen LogP contribution in [0.25, 0.3) is 11.3 Å². The molecule has 3 nitrogen and oxygen atoms in total. The van der Waals surface area contributed by atoms with E-state index in [1.165, 1.54) is 12.1 Å². The highest BCUT2D eigenvalue weighted by Crippen LogP contribution is 2.26. The summed E-state index contributed by atoms with van der Waals surface area (Å²) in [5.41, 5.74) is 7.48. The minimum atomic E-state index is -0.309. The van der Waals surface area contributed by atoms with Gasteiger partial charge in [0.2, 0.25) is 0 Å². The summed E-state index contributed by atoms with van der Waals surface area (Å²) in [4.78, 5) is 0. The van der Waals surface area contributed by atoms with Gasteiger partial charge in [-0.15, -0.1) is 0 Å². The predicted octanol–water partition coefficient (Wildman–Crippen LogP) is 2.38. The SMILES string of the molecule is Cn1nc(CCN)cc1-c1cc(Cl)ccc1F. The van der Waals surface area contributed by atoms with Crippen molar-refractivity contribution in [3.63, 3.8) is 0 Å². The van der Waals surface area contributed by atoms with Gasteiger partial charge in [-0.05, 0) is 30.8 Å². The third-order valence-electron chi connectivity index (χ3n) is 2.54. The molecule has 1 aromatic carbocycles. The Hall–Kier alpha value is -1.39. The van der Waals surface area contributed by atoms with Gasteiger partial charge in [0.1, 0.15) is 5.82 Å². The van der Waals surface area contributed by atoms with Crippen molar-refractivity contribution in [3.05, 3.63) is 40.8 Å². The van der Waals surface area contributed by atoms with Crippen LogP contribution in [0, 0.1) is 5.82 Å². The standard InChI is InChI=1S/C12H13ClFN3/c1-17-12(7-9(16-17)4-5-15)10-6-8(13)2-3-11(10)14/h2-3,6-7H,4-5,15H2,1H3. The summed E-state index contributed by atoms with van der Waals surface area (Å²) in [5, 5.41) is 4.78. The average Bonchev–Trinajstić information content (AvgIpc) is 2.64. The van der Waals surface area contributed by atoms with E-state index in [1.54, 1.807) is 17.8 Å². The molecule has 2 N–H and O–H groups in total. The Morgan fingerprint density at radius 1 is 1.41 bits per heavy atom. The highest BCUT2D eigenvalue weighted by Gasteiger charge is 2.11. The second kappa shape index (κ2) is 4.85. The van der Waals surface area contributed by atoms with Gasteiger partial charge in [-0.3, -0.25) is 4.68 Å². The number of nitrogens with zero attached hydrogens (tertiary/aromatic N) is 2. The van der Waals surface area contributed by atoms with Crippen molar-refractivity contribution in [2.45, 2.75) is 6.42 Å². The molecule has 0 radical (unpaired) electrons. The number of hydrogen-bond donors (Lipinski definition) is 1. The minimum Gasteiger partial charge on any atom is -0.330 e. The van der Waals surface area contributed by atoms with Crippen molar-refractivity contribution in [1.82, 2.24) is 9.78 Å². The number of aryl methyl sites for hydroxylation is 1. The van der Waals surface area contributed by atoms with Crippen molar-refractivity contribution in [3.8, 4) is 11.3 Å². The van der Waals surface area contributed by atoms with E-state index >= 15 is 0 Å². The second-order valence-electron chi connectivity index (χ2n) is 3.81. The highest BCUT2D eigenvalue weighted by atomic mass is 35.5. The third-order valence-corrected chi connectivity index (χ3v) is 2.77. The number of rotatable bonds is 3. The topological polar surface area (TPSA) is 43.8 Å². The lowest BCUT2D eigenvalue weighted by molar-refractivity contribution is 0.628. The van der Waals surface area contributed by atoms with Gasteiger partial charge >= 0.3 is 0 Å². The summed E-state index contributed by atoms with van der Waals surface area (Å²) in [7, 11) is 1.77. The minimum absolute atomic E-state index is 0.309. The molecule has 2 aromatic rings. The van der Waals surface area contributed by atoms with Crippen molar-refractivity contribution in [1.29, 1.82) is 0 Å². The Morgan fingerprint density at radius 2 is 2.18 bits per heavy atom. The molecule has 0 spiro atoms. The van der Waals surface area contributed by atoms with Crippen molar-refractivity contribution >= 4 is 11.6 Å². The van der Waals surface area contributed by atoms with E-state index in [4.69, 9.17) is 17.3 Å². The van der Waals surface area contributed by atoms with Crippen LogP contribution < -0.4 is 5.73 Å². The zero-order valence-electron chi connectivity index (χ0n) is 9.45. The second-order valence-corrected chi connectivity index (χ2v) is 4.24. The number of aromatic nitrogens is 2. The van der Waals surface area contributed by atoms with Crippen LogP contribution in [0.5, 0.6) is 0 Å². The summed E-state index contributed by atoms with van der Waals surface area (Å²) < 4.78 is 15.3. The molecule has 17 heavy (non-hydrogen) atoms. The Labute approximate surface area is 104 Å². The van der Waals surface area contributed by atoms with E-state index in [-0.39, 0.29) is 5.82 Å². The fourth-order valence-electron chi connectivity index (χ4n) is 1.74. The Morgan fingerprint density at radius 3 is 2.88 bits per heavy atom. The first-order valence-corrected chi connectivity index (χ1v) is 5.68. The van der Waals surface area contributed by atoms with Crippen LogP contribution in [0.3, 0.4) is 0 Å². The van der Waals surface area contributed by atoms with Crippen LogP contribution in [0.15, 0.2) is 24.3 Å². The van der Waals surface area contributed by atoms with Gasteiger partial charge in [0, 0.05) is 24.1 Å². The number of benzene rings is 1. The molecule has 0 saturated heterocycles.